The van der Waals surface area contributed by atoms with Gasteiger partial charge in [-0.3, -0.25) is 9.59 Å². The van der Waals surface area contributed by atoms with E-state index in [0.717, 1.165) is 0 Å². The van der Waals surface area contributed by atoms with Gasteiger partial charge in [-0.2, -0.15) is 0 Å². The van der Waals surface area contributed by atoms with Crippen LogP contribution in [0.5, 0.6) is 11.5 Å². The van der Waals surface area contributed by atoms with Crippen LogP contribution in [-0.4, -0.2) is 75.1 Å². The number of carbonyl (C=O) groups excluding carboxylic acids is 3. The molecule has 0 aliphatic carbocycles. The summed E-state index contributed by atoms with van der Waals surface area (Å²) in [5, 5.41) is 2.63. The molecular weight excluding hydrogens is 546 g/mol. The molecule has 2 aliphatic heterocycles. The Hall–Kier alpha value is -3.41. The lowest BCUT2D eigenvalue weighted by molar-refractivity contribution is -0.148. The summed E-state index contributed by atoms with van der Waals surface area (Å²) in [7, 11) is 1.47. The number of benzene rings is 1. The van der Waals surface area contributed by atoms with E-state index in [1.165, 1.54) is 21.0 Å². The molecule has 1 fully saturated rings. The van der Waals surface area contributed by atoms with Crippen LogP contribution in [-0.2, 0) is 33.3 Å². The van der Waals surface area contributed by atoms with Crippen LogP contribution in [0.3, 0.4) is 0 Å². The summed E-state index contributed by atoms with van der Waals surface area (Å²) < 4.78 is 40.4. The van der Waals surface area contributed by atoms with Crippen LogP contribution in [0.25, 0.3) is 6.08 Å². The molecule has 1 amide bonds. The SMILES string of the molecule is COCOc1cc(OCC(CNC(C)=O)OC(C)=O)cc2c1C(=O)OC(C)[C@H](C)/C=C\C[C@H]1OC(C)(C)O[C@H]1CC=C2. The van der Waals surface area contributed by atoms with Crippen LogP contribution in [0.4, 0.5) is 0 Å². The Morgan fingerprint density at radius 2 is 1.76 bits per heavy atom. The molecule has 3 rings (SSSR count). The first kappa shape index (κ1) is 33.1. The van der Waals surface area contributed by atoms with Crippen molar-refractivity contribution in [2.45, 2.75) is 84.6 Å². The highest BCUT2D eigenvalue weighted by Crippen LogP contribution is 2.35. The van der Waals surface area contributed by atoms with Gasteiger partial charge in [0.1, 0.15) is 29.8 Å². The third-order valence-electron chi connectivity index (χ3n) is 6.78. The Bertz CT molecular complexity index is 1160. The van der Waals surface area contributed by atoms with E-state index in [9.17, 15) is 14.4 Å². The lowest BCUT2D eigenvalue weighted by Crippen LogP contribution is -2.37. The molecule has 0 spiro atoms. The molecule has 1 N–H and O–H groups in total. The average molecular weight is 590 g/mol. The number of nitrogens with one attached hydrogen (secondary N) is 1. The molecule has 1 saturated heterocycles. The summed E-state index contributed by atoms with van der Waals surface area (Å²) in [6.07, 6.45) is 7.50. The zero-order valence-corrected chi connectivity index (χ0v) is 25.5. The molecule has 2 unspecified atom stereocenters. The standard InChI is InChI=1S/C31H43NO10/c1-19-10-8-12-26-27(42-31(5,6)41-26)13-9-11-23-14-24(37-17-25(40-22(4)34)16-32-21(3)33)15-28(38-18-36-7)29(23)30(35)39-20(19)2/h8-11,14-15,19-20,25-27H,12-13,16-18H2,1-7H3,(H,32,33)/b10-8-,11-9?/t19-,20?,25?,26-,27+/m1/s1. The summed E-state index contributed by atoms with van der Waals surface area (Å²) in [5.74, 6) is -1.55. The van der Waals surface area contributed by atoms with Crippen LogP contribution in [0, 0.1) is 5.92 Å². The topological polar surface area (TPSA) is 128 Å². The smallest absolute Gasteiger partial charge is 0.342 e. The van der Waals surface area contributed by atoms with Crippen molar-refractivity contribution in [2.75, 3.05) is 27.1 Å². The molecule has 2 aliphatic rings. The number of methoxy groups -OCH3 is 1. The minimum Gasteiger partial charge on any atom is -0.489 e. The first-order valence-corrected chi connectivity index (χ1v) is 14.1. The van der Waals surface area contributed by atoms with Crippen LogP contribution in [0.2, 0.25) is 0 Å². The number of cyclic esters (lactones) is 1. The number of hydrogen-bond donors (Lipinski definition) is 1. The van der Waals surface area contributed by atoms with E-state index in [4.69, 9.17) is 33.2 Å². The highest BCUT2D eigenvalue weighted by molar-refractivity contribution is 5.97. The fourth-order valence-electron chi connectivity index (χ4n) is 4.65. The maximum absolute atomic E-state index is 13.5. The highest BCUT2D eigenvalue weighted by Gasteiger charge is 2.40. The minimum atomic E-state index is -0.737. The van der Waals surface area contributed by atoms with Crippen molar-refractivity contribution in [1.29, 1.82) is 0 Å². The van der Waals surface area contributed by atoms with Gasteiger partial charge < -0.3 is 38.5 Å². The van der Waals surface area contributed by atoms with Gasteiger partial charge in [-0.05, 0) is 45.2 Å². The second kappa shape index (κ2) is 15.2. The number of ether oxygens (including phenoxy) is 7. The Morgan fingerprint density at radius 1 is 1.07 bits per heavy atom. The van der Waals surface area contributed by atoms with Gasteiger partial charge in [0.15, 0.2) is 18.7 Å². The predicted octanol–water partition coefficient (Wildman–Crippen LogP) is 4.18. The molecule has 11 nitrogen and oxygen atoms in total. The molecule has 0 radical (unpaired) electrons. The number of carbonyl (C=O) groups is 3. The van der Waals surface area contributed by atoms with Crippen LogP contribution < -0.4 is 14.8 Å². The summed E-state index contributed by atoms with van der Waals surface area (Å²) >= 11 is 0. The molecular formula is C31H43NO10. The van der Waals surface area contributed by atoms with Gasteiger partial charge in [0.25, 0.3) is 0 Å². The van der Waals surface area contributed by atoms with Crippen LogP contribution >= 0.6 is 0 Å². The normalized spacial score (nSPS) is 25.2. The first-order chi connectivity index (χ1) is 19.9. The van der Waals surface area contributed by atoms with Crippen molar-refractivity contribution in [1.82, 2.24) is 5.32 Å². The first-order valence-electron chi connectivity index (χ1n) is 14.1. The summed E-state index contributed by atoms with van der Waals surface area (Å²) in [5.41, 5.74) is 0.711. The van der Waals surface area contributed by atoms with E-state index in [1.807, 2.05) is 45.9 Å². The predicted molar refractivity (Wildman–Crippen MR) is 154 cm³/mol. The van der Waals surface area contributed by atoms with E-state index >= 15 is 0 Å². The van der Waals surface area contributed by atoms with Crippen LogP contribution in [0.15, 0.2) is 30.4 Å². The lowest BCUT2D eigenvalue weighted by Gasteiger charge is -2.22. The zero-order chi connectivity index (χ0) is 30.9. The van der Waals surface area contributed by atoms with Crippen LogP contribution in [0.1, 0.15) is 70.3 Å². The number of hydrogen-bond acceptors (Lipinski definition) is 10. The van der Waals surface area contributed by atoms with E-state index in [2.05, 4.69) is 5.32 Å². The lowest BCUT2D eigenvalue weighted by atomic mass is 10.00. The molecule has 1 aromatic rings. The number of rotatable bonds is 9. The van der Waals surface area contributed by atoms with Gasteiger partial charge in [0.2, 0.25) is 5.91 Å². The Labute approximate surface area is 247 Å². The molecule has 2 heterocycles. The Balaban J connectivity index is 1.99. The quantitative estimate of drug-likeness (QED) is 0.255. The summed E-state index contributed by atoms with van der Waals surface area (Å²) in [6.45, 7) is 10.2. The second-order valence-electron chi connectivity index (χ2n) is 10.9. The van der Waals surface area contributed by atoms with Gasteiger partial charge in [0, 0.05) is 32.9 Å². The third-order valence-corrected chi connectivity index (χ3v) is 6.78. The molecule has 1 aromatic carbocycles. The molecule has 42 heavy (non-hydrogen) atoms. The summed E-state index contributed by atoms with van der Waals surface area (Å²) in [4.78, 5) is 36.5. The highest BCUT2D eigenvalue weighted by atomic mass is 16.8. The Morgan fingerprint density at radius 3 is 2.40 bits per heavy atom. The van der Waals surface area contributed by atoms with E-state index in [-0.39, 0.29) is 55.3 Å². The third kappa shape index (κ3) is 9.85. The van der Waals surface area contributed by atoms with Gasteiger partial charge in [-0.25, -0.2) is 4.79 Å². The fraction of sp³-hybridized carbons (Fsp3) is 0.581. The molecule has 0 saturated carbocycles. The number of amides is 1. The maximum atomic E-state index is 13.5. The largest absolute Gasteiger partial charge is 0.489 e. The molecule has 232 valence electrons. The Kier molecular flexibility index (Phi) is 12.0. The fourth-order valence-corrected chi connectivity index (χ4v) is 4.65. The second-order valence-corrected chi connectivity index (χ2v) is 10.9. The van der Waals surface area contributed by atoms with Gasteiger partial charge >= 0.3 is 11.9 Å². The van der Waals surface area contributed by atoms with E-state index in [0.29, 0.717) is 24.2 Å². The van der Waals surface area contributed by atoms with Crippen molar-refractivity contribution in [2.24, 2.45) is 5.92 Å². The van der Waals surface area contributed by atoms with E-state index in [1.54, 1.807) is 18.2 Å². The van der Waals surface area contributed by atoms with Crippen molar-refractivity contribution in [3.8, 4) is 11.5 Å². The summed E-state index contributed by atoms with van der Waals surface area (Å²) in [6, 6.07) is 3.24. The molecule has 0 bridgehead atoms. The van der Waals surface area contributed by atoms with E-state index < -0.39 is 29.9 Å². The maximum Gasteiger partial charge on any atom is 0.342 e. The minimum absolute atomic E-state index is 0.0541. The number of fused-ring (bicyclic) bond motifs is 2. The van der Waals surface area contributed by atoms with Crippen molar-refractivity contribution in [3.63, 3.8) is 0 Å². The zero-order valence-electron chi connectivity index (χ0n) is 25.5. The van der Waals surface area contributed by atoms with Gasteiger partial charge in [-0.15, -0.1) is 0 Å². The molecule has 0 aromatic heterocycles. The number of esters is 2. The average Bonchev–Trinajstić information content (AvgIpc) is 3.20. The monoisotopic (exact) mass is 589 g/mol. The molecule has 5 atom stereocenters. The van der Waals surface area contributed by atoms with Crippen molar-refractivity contribution >= 4 is 23.9 Å². The molecule has 11 heteroatoms. The van der Waals surface area contributed by atoms with Gasteiger partial charge in [-0.1, -0.05) is 31.2 Å². The van der Waals surface area contributed by atoms with Crippen molar-refractivity contribution in [3.05, 3.63) is 41.5 Å². The van der Waals surface area contributed by atoms with Crippen molar-refractivity contribution < 1.29 is 47.5 Å². The van der Waals surface area contributed by atoms with Gasteiger partial charge in [0.05, 0.1) is 18.8 Å².